The predicted molar refractivity (Wildman–Crippen MR) is 99.5 cm³/mol. The number of carboxylic acids is 2. The summed E-state index contributed by atoms with van der Waals surface area (Å²) in [5, 5.41) is 21.9. The quantitative estimate of drug-likeness (QED) is 0.298. The Morgan fingerprint density at radius 2 is 1.65 bits per heavy atom. The number of rotatable bonds is 12. The van der Waals surface area contributed by atoms with Crippen LogP contribution in [0.2, 0.25) is 0 Å². The van der Waals surface area contributed by atoms with Crippen LogP contribution in [0.5, 0.6) is 0 Å². The topological polar surface area (TPSA) is 107 Å². The van der Waals surface area contributed by atoms with Crippen molar-refractivity contribution < 1.29 is 24.6 Å². The van der Waals surface area contributed by atoms with Gasteiger partial charge in [0.2, 0.25) is 0 Å². The maximum absolute atomic E-state index is 13.2. The highest BCUT2D eigenvalue weighted by molar-refractivity contribution is 6.16. The summed E-state index contributed by atoms with van der Waals surface area (Å²) in [5.74, 6) is -3.24. The maximum Gasteiger partial charge on any atom is 0.332 e. The molecule has 0 aliphatic heterocycles. The molecule has 0 fully saturated rings. The minimum atomic E-state index is -2.03. The summed E-state index contributed by atoms with van der Waals surface area (Å²) in [4.78, 5) is 37.9. The molecule has 0 saturated carbocycles. The fourth-order valence-electron chi connectivity index (χ4n) is 2.77. The van der Waals surface area contributed by atoms with Crippen LogP contribution in [0, 0.1) is 0 Å². The molecule has 0 aliphatic rings. The van der Waals surface area contributed by atoms with Crippen LogP contribution in [-0.4, -0.2) is 58.5 Å². The number of carboxylic acid groups (broad SMARTS) is 2. The molecule has 0 radical (unpaired) electrons. The van der Waals surface area contributed by atoms with Crippen molar-refractivity contribution in [3.05, 3.63) is 55.1 Å². The molecule has 0 aliphatic carbocycles. The highest BCUT2D eigenvalue weighted by Gasteiger charge is 2.50. The lowest BCUT2D eigenvalue weighted by molar-refractivity contribution is -0.149. The normalized spacial score (nSPS) is 12.8. The molecule has 0 saturated heterocycles. The molecule has 0 spiro atoms. The first kappa shape index (κ1) is 21.1. The summed E-state index contributed by atoms with van der Waals surface area (Å²) >= 11 is 0. The molecule has 0 bridgehead atoms. The Balaban J connectivity index is 3.48. The van der Waals surface area contributed by atoms with Gasteiger partial charge < -0.3 is 15.5 Å². The van der Waals surface area contributed by atoms with Crippen molar-refractivity contribution in [1.29, 1.82) is 0 Å². The zero-order valence-electron chi connectivity index (χ0n) is 14.8. The van der Waals surface area contributed by atoms with Crippen LogP contribution in [0.1, 0.15) is 23.2 Å². The molecule has 26 heavy (non-hydrogen) atoms. The van der Waals surface area contributed by atoms with Gasteiger partial charge in [0, 0.05) is 37.8 Å². The van der Waals surface area contributed by atoms with Crippen molar-refractivity contribution in [3.63, 3.8) is 0 Å². The Morgan fingerprint density at radius 3 is 2.04 bits per heavy atom. The van der Waals surface area contributed by atoms with E-state index in [1.807, 2.05) is 0 Å². The van der Waals surface area contributed by atoms with Gasteiger partial charge in [-0.2, -0.15) is 0 Å². The van der Waals surface area contributed by atoms with Gasteiger partial charge in [0.1, 0.15) is 0 Å². The Hall–Kier alpha value is -2.93. The van der Waals surface area contributed by atoms with Gasteiger partial charge >= 0.3 is 11.9 Å². The number of carbonyl (C=O) groups is 3. The fraction of sp³-hybridized carbons (Fsp3) is 0.316. The highest BCUT2D eigenvalue weighted by Crippen LogP contribution is 2.28. The number of aliphatic carboxylic acids is 2. The second kappa shape index (κ2) is 9.53. The first-order chi connectivity index (χ1) is 12.3. The second-order valence-corrected chi connectivity index (χ2v) is 5.70. The summed E-state index contributed by atoms with van der Waals surface area (Å²) in [6.45, 7) is 7.39. The predicted octanol–water partition coefficient (Wildman–Crippen LogP) is 2.27. The lowest BCUT2D eigenvalue weighted by Crippen LogP contribution is -2.60. The summed E-state index contributed by atoms with van der Waals surface area (Å²) in [6.07, 6.45) is 2.11. The van der Waals surface area contributed by atoms with E-state index in [9.17, 15) is 19.5 Å². The minimum absolute atomic E-state index is 0.0955. The Kier molecular flexibility index (Phi) is 7.74. The third kappa shape index (κ3) is 4.58. The highest BCUT2D eigenvalue weighted by atomic mass is 16.4. The number of hydrogen-bond donors (Lipinski definition) is 3. The van der Waals surface area contributed by atoms with E-state index < -0.39 is 29.7 Å². The molecule has 7 nitrogen and oxygen atoms in total. The third-order valence-corrected chi connectivity index (χ3v) is 4.10. The summed E-state index contributed by atoms with van der Waals surface area (Å²) in [7, 11) is 1.72. The zero-order chi connectivity index (χ0) is 19.7. The molecule has 1 atom stereocenters. The van der Waals surface area contributed by atoms with Crippen molar-refractivity contribution in [2.45, 2.75) is 18.4 Å². The monoisotopic (exact) mass is 360 g/mol. The van der Waals surface area contributed by atoms with E-state index in [0.29, 0.717) is 0 Å². The standard InChI is InChI=1S/C19H24N2O5/c1-4-12-21(13-5-2)19(18(25)26,11-10-16(22)23)17(24)14-6-8-15(20-3)9-7-14/h4-9,20H,1-2,10-13H2,3H3,(H,22,23)(H,25,26). The van der Waals surface area contributed by atoms with Crippen molar-refractivity contribution in [2.75, 3.05) is 25.5 Å². The zero-order valence-corrected chi connectivity index (χ0v) is 14.8. The molecular weight excluding hydrogens is 336 g/mol. The molecule has 140 valence electrons. The van der Waals surface area contributed by atoms with Gasteiger partial charge in [0.25, 0.3) is 0 Å². The van der Waals surface area contributed by atoms with Gasteiger partial charge in [0.05, 0.1) is 0 Å². The fourth-order valence-corrected chi connectivity index (χ4v) is 2.77. The molecule has 0 aromatic heterocycles. The van der Waals surface area contributed by atoms with E-state index in [-0.39, 0.29) is 25.1 Å². The number of nitrogens with zero attached hydrogens (tertiary/aromatic N) is 1. The Labute approximate surface area is 152 Å². The number of carbonyl (C=O) groups excluding carboxylic acids is 1. The first-order valence-electron chi connectivity index (χ1n) is 8.08. The third-order valence-electron chi connectivity index (χ3n) is 4.10. The van der Waals surface area contributed by atoms with Crippen molar-refractivity contribution >= 4 is 23.4 Å². The molecule has 7 heteroatoms. The van der Waals surface area contributed by atoms with E-state index in [0.717, 1.165) is 5.69 Å². The van der Waals surface area contributed by atoms with E-state index in [1.165, 1.54) is 29.2 Å². The number of ketones is 1. The van der Waals surface area contributed by atoms with Gasteiger partial charge in [-0.3, -0.25) is 14.5 Å². The first-order valence-corrected chi connectivity index (χ1v) is 8.08. The van der Waals surface area contributed by atoms with Gasteiger partial charge in [-0.1, -0.05) is 12.2 Å². The van der Waals surface area contributed by atoms with Crippen molar-refractivity contribution in [1.82, 2.24) is 4.90 Å². The summed E-state index contributed by atoms with van der Waals surface area (Å²) < 4.78 is 0. The van der Waals surface area contributed by atoms with Crippen LogP contribution < -0.4 is 5.32 Å². The van der Waals surface area contributed by atoms with E-state index in [1.54, 1.807) is 19.2 Å². The molecule has 1 aromatic rings. The Morgan fingerprint density at radius 1 is 1.12 bits per heavy atom. The molecule has 1 aromatic carbocycles. The largest absolute Gasteiger partial charge is 0.481 e. The summed E-state index contributed by atoms with van der Waals surface area (Å²) in [6, 6.07) is 6.35. The van der Waals surface area contributed by atoms with Gasteiger partial charge in [-0.05, 0) is 30.7 Å². The van der Waals surface area contributed by atoms with Crippen LogP contribution in [0.3, 0.4) is 0 Å². The minimum Gasteiger partial charge on any atom is -0.481 e. The van der Waals surface area contributed by atoms with Crippen molar-refractivity contribution in [3.8, 4) is 0 Å². The average molecular weight is 360 g/mol. The molecule has 0 heterocycles. The molecule has 0 amide bonds. The molecule has 1 unspecified atom stereocenters. The van der Waals surface area contributed by atoms with Crippen LogP contribution in [-0.2, 0) is 9.59 Å². The average Bonchev–Trinajstić information content (AvgIpc) is 2.62. The van der Waals surface area contributed by atoms with Crippen LogP contribution in [0.4, 0.5) is 5.69 Å². The smallest absolute Gasteiger partial charge is 0.332 e. The van der Waals surface area contributed by atoms with E-state index in [2.05, 4.69) is 18.5 Å². The number of nitrogens with one attached hydrogen (secondary N) is 1. The number of Topliss-reactive ketones (excluding diaryl/α,β-unsaturated/α-hetero) is 1. The van der Waals surface area contributed by atoms with Crippen LogP contribution >= 0.6 is 0 Å². The maximum atomic E-state index is 13.2. The van der Waals surface area contributed by atoms with Crippen molar-refractivity contribution in [2.24, 2.45) is 0 Å². The van der Waals surface area contributed by atoms with Gasteiger partial charge in [0.15, 0.2) is 11.3 Å². The van der Waals surface area contributed by atoms with Gasteiger partial charge in [-0.25, -0.2) is 4.79 Å². The lowest BCUT2D eigenvalue weighted by atomic mass is 9.82. The number of benzene rings is 1. The van der Waals surface area contributed by atoms with E-state index in [4.69, 9.17) is 5.11 Å². The van der Waals surface area contributed by atoms with Gasteiger partial charge in [-0.15, -0.1) is 13.2 Å². The SMILES string of the molecule is C=CCN(CC=C)C(CCC(=O)O)(C(=O)O)C(=O)c1ccc(NC)cc1. The molecular formula is C19H24N2O5. The summed E-state index contributed by atoms with van der Waals surface area (Å²) in [5.41, 5.74) is -1.07. The lowest BCUT2D eigenvalue weighted by Gasteiger charge is -2.38. The van der Waals surface area contributed by atoms with Crippen LogP contribution in [0.25, 0.3) is 0 Å². The van der Waals surface area contributed by atoms with E-state index >= 15 is 0 Å². The molecule has 1 rings (SSSR count). The number of anilines is 1. The molecule has 3 N–H and O–H groups in total. The second-order valence-electron chi connectivity index (χ2n) is 5.70. The Bertz CT molecular complexity index is 674. The van der Waals surface area contributed by atoms with Crippen LogP contribution in [0.15, 0.2) is 49.6 Å². The number of hydrogen-bond acceptors (Lipinski definition) is 5.